The number of nitrogens with two attached hydrogens (primary N) is 1. The predicted molar refractivity (Wildman–Crippen MR) is 80.0 cm³/mol. The number of fused-ring (bicyclic) bond motifs is 1. The van der Waals surface area contributed by atoms with Crippen LogP contribution >= 0.6 is 27.3 Å². The molecule has 0 aliphatic rings. The lowest BCUT2D eigenvalue weighted by molar-refractivity contribution is 0.795. The van der Waals surface area contributed by atoms with Gasteiger partial charge in [-0.1, -0.05) is 0 Å². The topological polar surface area (TPSA) is 43.8 Å². The number of aromatic nitrogens is 2. The molecule has 2 heterocycles. The highest BCUT2D eigenvalue weighted by molar-refractivity contribution is 9.10. The predicted octanol–water partition coefficient (Wildman–Crippen LogP) is 3.80. The molecule has 2 N–H and O–H groups in total. The first kappa shape index (κ1) is 11.7. The third kappa shape index (κ3) is 1.93. The quantitative estimate of drug-likeness (QED) is 0.729. The van der Waals surface area contributed by atoms with Crippen molar-refractivity contribution in [3.63, 3.8) is 0 Å². The molecule has 0 saturated heterocycles. The van der Waals surface area contributed by atoms with Crippen LogP contribution in [0.1, 0.15) is 10.7 Å². The van der Waals surface area contributed by atoms with Gasteiger partial charge in [0.25, 0.3) is 0 Å². The molecule has 0 radical (unpaired) electrons. The molecule has 0 spiro atoms. The smallest absolute Gasteiger partial charge is 0.107 e. The number of anilines is 1. The van der Waals surface area contributed by atoms with Crippen LogP contribution in [-0.4, -0.2) is 9.55 Å². The summed E-state index contributed by atoms with van der Waals surface area (Å²) in [6.45, 7) is 2.86. The molecule has 2 aromatic heterocycles. The number of aryl methyl sites for hydroxylation is 1. The van der Waals surface area contributed by atoms with Gasteiger partial charge in [-0.3, -0.25) is 0 Å². The molecule has 0 aliphatic carbocycles. The summed E-state index contributed by atoms with van der Waals surface area (Å²) < 4.78 is 3.37. The lowest BCUT2D eigenvalue weighted by atomic mass is 10.3. The maximum atomic E-state index is 5.79. The zero-order valence-electron chi connectivity index (χ0n) is 9.85. The minimum absolute atomic E-state index is 0.754. The fourth-order valence-electron chi connectivity index (χ4n) is 2.05. The highest BCUT2D eigenvalue weighted by Gasteiger charge is 2.10. The lowest BCUT2D eigenvalue weighted by Gasteiger charge is -2.05. The van der Waals surface area contributed by atoms with Crippen molar-refractivity contribution in [2.24, 2.45) is 0 Å². The Balaban J connectivity index is 2.11. The van der Waals surface area contributed by atoms with Gasteiger partial charge in [-0.05, 0) is 52.5 Å². The summed E-state index contributed by atoms with van der Waals surface area (Å²) in [6, 6.07) is 7.95. The molecule has 3 aromatic rings. The Hall–Kier alpha value is -1.33. The van der Waals surface area contributed by atoms with Gasteiger partial charge in [-0.2, -0.15) is 0 Å². The molecule has 3 rings (SSSR count). The number of hydrogen-bond acceptors (Lipinski definition) is 3. The number of hydrogen-bond donors (Lipinski definition) is 1. The van der Waals surface area contributed by atoms with Crippen molar-refractivity contribution >= 4 is 44.0 Å². The Labute approximate surface area is 117 Å². The SMILES string of the molecule is Cc1nc2cc(N)ccc2n1Cc1sccc1Br. The van der Waals surface area contributed by atoms with Crippen molar-refractivity contribution < 1.29 is 0 Å². The number of imidazole rings is 1. The number of nitrogen functional groups attached to an aromatic ring is 1. The summed E-state index contributed by atoms with van der Waals surface area (Å²) in [6.07, 6.45) is 0. The van der Waals surface area contributed by atoms with E-state index < -0.39 is 0 Å². The van der Waals surface area contributed by atoms with Gasteiger partial charge < -0.3 is 10.3 Å². The van der Waals surface area contributed by atoms with Crippen molar-refractivity contribution in [3.8, 4) is 0 Å². The average molecular weight is 322 g/mol. The number of thiophene rings is 1. The van der Waals surface area contributed by atoms with E-state index in [9.17, 15) is 0 Å². The van der Waals surface area contributed by atoms with Crippen molar-refractivity contribution in [1.29, 1.82) is 0 Å². The van der Waals surface area contributed by atoms with Gasteiger partial charge >= 0.3 is 0 Å². The molecule has 3 nitrogen and oxygen atoms in total. The Morgan fingerprint density at radius 3 is 2.94 bits per heavy atom. The number of benzene rings is 1. The van der Waals surface area contributed by atoms with E-state index in [1.54, 1.807) is 11.3 Å². The Kier molecular flexibility index (Phi) is 2.87. The van der Waals surface area contributed by atoms with Gasteiger partial charge in [0, 0.05) is 15.0 Å². The van der Waals surface area contributed by atoms with Crippen LogP contribution in [0.4, 0.5) is 5.69 Å². The maximum absolute atomic E-state index is 5.79. The Bertz CT molecular complexity index is 714. The molecule has 0 saturated carbocycles. The van der Waals surface area contributed by atoms with Crippen LogP contribution in [0.3, 0.4) is 0 Å². The third-order valence-corrected chi connectivity index (χ3v) is 4.87. The molecule has 5 heteroatoms. The van der Waals surface area contributed by atoms with E-state index in [0.29, 0.717) is 0 Å². The van der Waals surface area contributed by atoms with Crippen LogP contribution in [0.2, 0.25) is 0 Å². The van der Waals surface area contributed by atoms with Gasteiger partial charge in [-0.25, -0.2) is 4.98 Å². The molecule has 0 bridgehead atoms. The van der Waals surface area contributed by atoms with Gasteiger partial charge in [0.1, 0.15) is 5.82 Å². The second-order valence-corrected chi connectivity index (χ2v) is 6.04. The van der Waals surface area contributed by atoms with Gasteiger partial charge in [-0.15, -0.1) is 11.3 Å². The van der Waals surface area contributed by atoms with Crippen molar-refractivity contribution in [1.82, 2.24) is 9.55 Å². The van der Waals surface area contributed by atoms with Gasteiger partial charge in [0.15, 0.2) is 0 Å². The second kappa shape index (κ2) is 4.40. The standard InChI is InChI=1S/C13H12BrN3S/c1-8-16-11-6-9(15)2-3-12(11)17(8)7-13-10(14)4-5-18-13/h2-6H,7,15H2,1H3. The summed E-state index contributed by atoms with van der Waals surface area (Å²) in [5.41, 5.74) is 8.63. The average Bonchev–Trinajstić information content (AvgIpc) is 2.85. The van der Waals surface area contributed by atoms with Crippen LogP contribution < -0.4 is 5.73 Å². The van der Waals surface area contributed by atoms with E-state index in [-0.39, 0.29) is 0 Å². The van der Waals surface area contributed by atoms with Crippen LogP contribution in [0.25, 0.3) is 11.0 Å². The lowest BCUT2D eigenvalue weighted by Crippen LogP contribution is -2.00. The normalized spacial score (nSPS) is 11.2. The van der Waals surface area contributed by atoms with Crippen LogP contribution in [0.5, 0.6) is 0 Å². The fraction of sp³-hybridized carbons (Fsp3) is 0.154. The van der Waals surface area contributed by atoms with E-state index in [1.807, 2.05) is 25.1 Å². The maximum Gasteiger partial charge on any atom is 0.107 e. The summed E-state index contributed by atoms with van der Waals surface area (Å²) in [5.74, 6) is 1.01. The monoisotopic (exact) mass is 321 g/mol. The van der Waals surface area contributed by atoms with E-state index in [1.165, 1.54) is 4.88 Å². The van der Waals surface area contributed by atoms with E-state index in [4.69, 9.17) is 5.73 Å². The van der Waals surface area contributed by atoms with Crippen LogP contribution in [0, 0.1) is 6.92 Å². The van der Waals surface area contributed by atoms with Crippen LogP contribution in [0.15, 0.2) is 34.1 Å². The van der Waals surface area contributed by atoms with E-state index >= 15 is 0 Å². The molecule has 0 aliphatic heterocycles. The van der Waals surface area contributed by atoms with E-state index in [0.717, 1.165) is 33.6 Å². The molecule has 0 fully saturated rings. The molecular formula is C13H12BrN3S. The number of halogens is 1. The molecular weight excluding hydrogens is 310 g/mol. The summed E-state index contributed by atoms with van der Waals surface area (Å²) in [7, 11) is 0. The van der Waals surface area contributed by atoms with Crippen LogP contribution in [-0.2, 0) is 6.54 Å². The van der Waals surface area contributed by atoms with Crippen molar-refractivity contribution in [3.05, 3.63) is 44.8 Å². The first-order valence-electron chi connectivity index (χ1n) is 5.59. The molecule has 18 heavy (non-hydrogen) atoms. The first-order valence-corrected chi connectivity index (χ1v) is 7.26. The largest absolute Gasteiger partial charge is 0.399 e. The number of nitrogens with zero attached hydrogens (tertiary/aromatic N) is 2. The fourth-order valence-corrected chi connectivity index (χ4v) is 3.51. The summed E-state index contributed by atoms with van der Waals surface area (Å²) in [4.78, 5) is 5.86. The van der Waals surface area contributed by atoms with E-state index in [2.05, 4.69) is 36.9 Å². The molecule has 0 unspecified atom stereocenters. The zero-order chi connectivity index (χ0) is 12.7. The number of rotatable bonds is 2. The van der Waals surface area contributed by atoms with Crippen molar-refractivity contribution in [2.75, 3.05) is 5.73 Å². The minimum Gasteiger partial charge on any atom is -0.399 e. The third-order valence-electron chi connectivity index (χ3n) is 2.96. The Morgan fingerprint density at radius 2 is 2.22 bits per heavy atom. The highest BCUT2D eigenvalue weighted by Crippen LogP contribution is 2.26. The summed E-state index contributed by atoms with van der Waals surface area (Å²) >= 11 is 5.32. The molecule has 0 atom stereocenters. The Morgan fingerprint density at radius 1 is 1.39 bits per heavy atom. The first-order chi connectivity index (χ1) is 8.65. The molecule has 0 amide bonds. The second-order valence-electron chi connectivity index (χ2n) is 4.19. The van der Waals surface area contributed by atoms with Gasteiger partial charge in [0.05, 0.1) is 17.6 Å². The molecule has 1 aromatic carbocycles. The van der Waals surface area contributed by atoms with Gasteiger partial charge in [0.2, 0.25) is 0 Å². The highest BCUT2D eigenvalue weighted by atomic mass is 79.9. The summed E-state index contributed by atoms with van der Waals surface area (Å²) in [5, 5.41) is 2.09. The minimum atomic E-state index is 0.754. The van der Waals surface area contributed by atoms with Crippen molar-refractivity contribution in [2.45, 2.75) is 13.5 Å². The zero-order valence-corrected chi connectivity index (χ0v) is 12.3. The molecule has 92 valence electrons.